The molecule has 0 atom stereocenters. The van der Waals surface area contributed by atoms with Gasteiger partial charge in [-0.25, -0.2) is 0 Å². The second-order valence-electron chi connectivity index (χ2n) is 6.21. The van der Waals surface area contributed by atoms with Crippen LogP contribution in [-0.2, 0) is 0 Å². The zero-order chi connectivity index (χ0) is 17.9. The lowest BCUT2D eigenvalue weighted by Crippen LogP contribution is -2.49. The van der Waals surface area contributed by atoms with E-state index in [4.69, 9.17) is 4.42 Å². The van der Waals surface area contributed by atoms with E-state index < -0.39 is 5.56 Å². The Kier molecular flexibility index (Phi) is 4.31. The number of nitrogens with zero attached hydrogens (tertiary/aromatic N) is 2. The molecule has 1 N–H and O–H groups in total. The normalized spacial score (nSPS) is 14.5. The van der Waals surface area contributed by atoms with Crippen LogP contribution in [0.2, 0.25) is 0 Å². The Morgan fingerprint density at radius 2 is 1.69 bits per heavy atom. The molecule has 1 amide bonds. The predicted octanol–water partition coefficient (Wildman–Crippen LogP) is 2.60. The highest BCUT2D eigenvalue weighted by molar-refractivity contribution is 5.94. The summed E-state index contributed by atoms with van der Waals surface area (Å²) < 4.78 is 5.27. The topological polar surface area (TPSA) is 69.5 Å². The molecule has 1 aromatic carbocycles. The third-order valence-electron chi connectivity index (χ3n) is 4.61. The summed E-state index contributed by atoms with van der Waals surface area (Å²) in [4.78, 5) is 31.8. The number of carbonyl (C=O) groups is 1. The average Bonchev–Trinajstić information content (AvgIpc) is 3.23. The fraction of sp³-hybridized carbons (Fsp3) is 0.200. The van der Waals surface area contributed by atoms with Gasteiger partial charge in [0.1, 0.15) is 11.3 Å². The number of hydrogen-bond acceptors (Lipinski definition) is 4. The molecule has 132 valence electrons. The number of furan rings is 1. The number of amides is 1. The lowest BCUT2D eigenvalue weighted by molar-refractivity contribution is 0.0745. The summed E-state index contributed by atoms with van der Waals surface area (Å²) in [5.74, 6) is 0.336. The van der Waals surface area contributed by atoms with Crippen molar-refractivity contribution in [1.29, 1.82) is 0 Å². The number of nitrogens with one attached hydrogen (secondary N) is 1. The molecular weight excluding hydrogens is 330 g/mol. The number of hydrogen-bond donors (Lipinski definition) is 1. The largest absolute Gasteiger partial charge is 0.463 e. The van der Waals surface area contributed by atoms with Gasteiger partial charge in [-0.15, -0.1) is 0 Å². The van der Waals surface area contributed by atoms with Crippen LogP contribution in [0.4, 0.5) is 5.69 Å². The molecule has 6 heteroatoms. The molecule has 1 fully saturated rings. The number of piperazine rings is 1. The molecular formula is C20H19N3O3. The van der Waals surface area contributed by atoms with Crippen molar-refractivity contribution in [3.8, 4) is 11.5 Å². The summed E-state index contributed by atoms with van der Waals surface area (Å²) >= 11 is 0. The summed E-state index contributed by atoms with van der Waals surface area (Å²) in [6.45, 7) is 2.68. The van der Waals surface area contributed by atoms with Crippen molar-refractivity contribution in [2.75, 3.05) is 31.1 Å². The lowest BCUT2D eigenvalue weighted by atomic mass is 10.2. The Hall–Kier alpha value is -3.28. The maximum atomic E-state index is 12.7. The van der Waals surface area contributed by atoms with Gasteiger partial charge >= 0.3 is 0 Å². The Morgan fingerprint density at radius 3 is 2.35 bits per heavy atom. The molecule has 0 saturated carbocycles. The van der Waals surface area contributed by atoms with E-state index in [1.54, 1.807) is 35.4 Å². The van der Waals surface area contributed by atoms with Crippen molar-refractivity contribution in [1.82, 2.24) is 9.88 Å². The maximum Gasteiger partial charge on any atom is 0.261 e. The Bertz CT molecular complexity index is 940. The van der Waals surface area contributed by atoms with E-state index in [1.165, 1.54) is 0 Å². The molecule has 26 heavy (non-hydrogen) atoms. The summed E-state index contributed by atoms with van der Waals surface area (Å²) in [5.41, 5.74) is 1.48. The Balaban J connectivity index is 1.46. The third kappa shape index (κ3) is 3.13. The Morgan fingerprint density at radius 1 is 0.923 bits per heavy atom. The summed E-state index contributed by atoms with van der Waals surface area (Å²) in [5, 5.41) is 0. The highest BCUT2D eigenvalue weighted by Gasteiger charge is 2.24. The number of aromatic amines is 1. The molecule has 0 spiro atoms. The molecule has 3 aromatic rings. The number of H-pyrrole nitrogens is 1. The second kappa shape index (κ2) is 6.92. The number of carbonyl (C=O) groups excluding carboxylic acids is 1. The zero-order valence-electron chi connectivity index (χ0n) is 14.2. The molecule has 1 saturated heterocycles. The molecule has 1 aliphatic rings. The first-order valence-electron chi connectivity index (χ1n) is 8.59. The smallest absolute Gasteiger partial charge is 0.261 e. The minimum Gasteiger partial charge on any atom is -0.463 e. The average molecular weight is 349 g/mol. The third-order valence-corrected chi connectivity index (χ3v) is 4.61. The van der Waals surface area contributed by atoms with E-state index in [9.17, 15) is 9.59 Å². The second-order valence-corrected chi connectivity index (χ2v) is 6.21. The van der Waals surface area contributed by atoms with Crippen LogP contribution < -0.4 is 10.5 Å². The van der Waals surface area contributed by atoms with Crippen molar-refractivity contribution >= 4 is 11.6 Å². The van der Waals surface area contributed by atoms with Gasteiger partial charge in [0.05, 0.1) is 12.0 Å². The molecule has 4 rings (SSSR count). The van der Waals surface area contributed by atoms with Gasteiger partial charge in [-0.3, -0.25) is 9.59 Å². The van der Waals surface area contributed by atoms with Crippen LogP contribution in [-0.4, -0.2) is 42.0 Å². The molecule has 1 aliphatic heterocycles. The number of benzene rings is 1. The number of pyridine rings is 1. The van der Waals surface area contributed by atoms with Gasteiger partial charge in [-0.1, -0.05) is 18.2 Å². The molecule has 0 unspecified atom stereocenters. The van der Waals surface area contributed by atoms with Crippen LogP contribution in [0.1, 0.15) is 10.4 Å². The SMILES string of the molecule is O=C(c1ccc(-c2ccco2)[nH]c1=O)N1CCN(c2ccccc2)CC1. The molecule has 0 aliphatic carbocycles. The first-order chi connectivity index (χ1) is 12.7. The van der Waals surface area contributed by atoms with Crippen molar-refractivity contribution in [3.63, 3.8) is 0 Å². The van der Waals surface area contributed by atoms with Crippen molar-refractivity contribution in [2.24, 2.45) is 0 Å². The predicted molar refractivity (Wildman–Crippen MR) is 99.3 cm³/mol. The molecule has 3 heterocycles. The molecule has 6 nitrogen and oxygen atoms in total. The van der Waals surface area contributed by atoms with E-state index in [2.05, 4.69) is 22.0 Å². The van der Waals surface area contributed by atoms with E-state index >= 15 is 0 Å². The van der Waals surface area contributed by atoms with Crippen molar-refractivity contribution in [3.05, 3.63) is 76.8 Å². The standard InChI is InChI=1S/C20H19N3O3/c24-19-16(8-9-17(21-19)18-7-4-14-26-18)20(25)23-12-10-22(11-13-23)15-5-2-1-3-6-15/h1-9,14H,10-13H2,(H,21,24). The van der Waals surface area contributed by atoms with Gasteiger partial charge in [0.15, 0.2) is 0 Å². The number of rotatable bonds is 3. The van der Waals surface area contributed by atoms with Crippen LogP contribution in [0.5, 0.6) is 0 Å². The molecule has 0 bridgehead atoms. The van der Waals surface area contributed by atoms with E-state index in [-0.39, 0.29) is 11.5 Å². The fourth-order valence-corrected chi connectivity index (χ4v) is 3.19. The van der Waals surface area contributed by atoms with E-state index in [0.29, 0.717) is 24.5 Å². The number of para-hydroxylation sites is 1. The summed E-state index contributed by atoms with van der Waals surface area (Å²) in [6.07, 6.45) is 1.54. The first kappa shape index (κ1) is 16.2. The van der Waals surface area contributed by atoms with Crippen LogP contribution in [0.25, 0.3) is 11.5 Å². The highest BCUT2D eigenvalue weighted by atomic mass is 16.3. The van der Waals surface area contributed by atoms with Gasteiger partial charge in [-0.05, 0) is 36.4 Å². The maximum absolute atomic E-state index is 12.7. The molecule has 2 aromatic heterocycles. The van der Waals surface area contributed by atoms with Gasteiger partial charge in [0, 0.05) is 31.9 Å². The van der Waals surface area contributed by atoms with Crippen LogP contribution in [0.3, 0.4) is 0 Å². The Labute approximate surface area is 150 Å². The highest BCUT2D eigenvalue weighted by Crippen LogP contribution is 2.18. The fourth-order valence-electron chi connectivity index (χ4n) is 3.19. The lowest BCUT2D eigenvalue weighted by Gasteiger charge is -2.36. The monoisotopic (exact) mass is 349 g/mol. The van der Waals surface area contributed by atoms with Gasteiger partial charge in [-0.2, -0.15) is 0 Å². The summed E-state index contributed by atoms with van der Waals surface area (Å²) in [7, 11) is 0. The molecule has 0 radical (unpaired) electrons. The van der Waals surface area contributed by atoms with Crippen LogP contribution in [0, 0.1) is 0 Å². The first-order valence-corrected chi connectivity index (χ1v) is 8.59. The number of anilines is 1. The minimum atomic E-state index is -0.394. The zero-order valence-corrected chi connectivity index (χ0v) is 14.2. The van der Waals surface area contributed by atoms with Crippen molar-refractivity contribution in [2.45, 2.75) is 0 Å². The van der Waals surface area contributed by atoms with Crippen LogP contribution in [0.15, 0.2) is 70.1 Å². The van der Waals surface area contributed by atoms with E-state index in [0.717, 1.165) is 18.8 Å². The number of aromatic nitrogens is 1. The van der Waals surface area contributed by atoms with Gasteiger partial charge in [0.25, 0.3) is 11.5 Å². The van der Waals surface area contributed by atoms with Crippen molar-refractivity contribution < 1.29 is 9.21 Å². The minimum absolute atomic E-state index is 0.161. The van der Waals surface area contributed by atoms with Gasteiger partial charge in [0.2, 0.25) is 0 Å². The quantitative estimate of drug-likeness (QED) is 0.789. The van der Waals surface area contributed by atoms with Crippen LogP contribution >= 0.6 is 0 Å². The van der Waals surface area contributed by atoms with E-state index in [1.807, 2.05) is 18.2 Å². The van der Waals surface area contributed by atoms with Gasteiger partial charge < -0.3 is 19.2 Å². The summed E-state index contributed by atoms with van der Waals surface area (Å²) in [6, 6.07) is 16.9.